The highest BCUT2D eigenvalue weighted by Gasteiger charge is 2.25. The van der Waals surface area contributed by atoms with Crippen LogP contribution in [-0.4, -0.2) is 9.13 Å². The Morgan fingerprint density at radius 3 is 1.80 bits per heavy atom. The van der Waals surface area contributed by atoms with Gasteiger partial charge in [-0.15, -0.1) is 0 Å². The molecule has 198 valence electrons. The van der Waals surface area contributed by atoms with Crippen LogP contribution in [0.3, 0.4) is 0 Å². The number of aromatic nitrogens is 2. The van der Waals surface area contributed by atoms with Crippen LogP contribution in [0.5, 0.6) is 0 Å². The smallest absolute Gasteiger partial charge is 0.0550 e. The van der Waals surface area contributed by atoms with Gasteiger partial charge in [0, 0.05) is 43.8 Å². The fourth-order valence-electron chi connectivity index (χ4n) is 6.58. The van der Waals surface area contributed by atoms with Crippen LogP contribution in [0.25, 0.3) is 60.4 Å². The first-order valence-electron chi connectivity index (χ1n) is 14.3. The van der Waals surface area contributed by atoms with E-state index in [1.165, 1.54) is 66.0 Å². The van der Waals surface area contributed by atoms with Gasteiger partial charge in [-0.25, -0.2) is 0 Å². The van der Waals surface area contributed by atoms with Crippen molar-refractivity contribution in [3.63, 3.8) is 0 Å². The molecule has 0 saturated carbocycles. The van der Waals surface area contributed by atoms with E-state index in [2.05, 4.69) is 160 Å². The molecule has 0 saturated heterocycles. The average Bonchev–Trinajstić information content (AvgIpc) is 3.45. The van der Waals surface area contributed by atoms with Gasteiger partial charge in [0.25, 0.3) is 0 Å². The van der Waals surface area contributed by atoms with Crippen molar-refractivity contribution >= 4 is 43.6 Å². The quantitative estimate of drug-likeness (QED) is 0.214. The predicted octanol–water partition coefficient (Wildman–Crippen LogP) is 10.6. The van der Waals surface area contributed by atoms with E-state index >= 15 is 0 Å². The van der Waals surface area contributed by atoms with Crippen molar-refractivity contribution in [1.29, 1.82) is 0 Å². The summed E-state index contributed by atoms with van der Waals surface area (Å²) in [6.45, 7) is 13.9. The third-order valence-electron chi connectivity index (χ3n) is 8.27. The topological polar surface area (TPSA) is 9.86 Å². The number of hydrogen-bond donors (Lipinski definition) is 0. The molecule has 0 aliphatic carbocycles. The highest BCUT2D eigenvalue weighted by molar-refractivity contribution is 6.13. The second kappa shape index (κ2) is 8.60. The summed E-state index contributed by atoms with van der Waals surface area (Å²) in [4.78, 5) is 0. The molecule has 0 fully saturated rings. The lowest BCUT2D eigenvalue weighted by molar-refractivity contribution is 0.423. The highest BCUT2D eigenvalue weighted by atomic mass is 15.0. The molecule has 2 heterocycles. The SMILES string of the molecule is CC(C)(C)c1cc(-c2ccc3c(c2)c2ccccc2n3C(C)(C)C)cc2c1c1ccccc1n2-c1ccccc1. The van der Waals surface area contributed by atoms with Crippen molar-refractivity contribution < 1.29 is 0 Å². The lowest BCUT2D eigenvalue weighted by atomic mass is 9.82. The number of benzene rings is 5. The molecule has 5 aromatic carbocycles. The summed E-state index contributed by atoms with van der Waals surface area (Å²) in [5.41, 5.74) is 10.1. The van der Waals surface area contributed by atoms with Gasteiger partial charge in [-0.05, 0) is 91.4 Å². The van der Waals surface area contributed by atoms with E-state index in [9.17, 15) is 0 Å². The van der Waals surface area contributed by atoms with Gasteiger partial charge in [0.15, 0.2) is 0 Å². The van der Waals surface area contributed by atoms with Crippen molar-refractivity contribution in [2.45, 2.75) is 52.5 Å². The summed E-state index contributed by atoms with van der Waals surface area (Å²) in [5, 5.41) is 5.27. The molecule has 7 aromatic rings. The van der Waals surface area contributed by atoms with Gasteiger partial charge in [-0.3, -0.25) is 0 Å². The van der Waals surface area contributed by atoms with Crippen molar-refractivity contribution in [2.24, 2.45) is 0 Å². The molecule has 40 heavy (non-hydrogen) atoms. The Kier molecular flexibility index (Phi) is 5.31. The fraction of sp³-hybridized carbons (Fsp3) is 0.211. The molecule has 7 rings (SSSR count). The summed E-state index contributed by atoms with van der Waals surface area (Å²) in [6, 6.07) is 40.3. The van der Waals surface area contributed by atoms with E-state index in [1.54, 1.807) is 0 Å². The van der Waals surface area contributed by atoms with Crippen LogP contribution >= 0.6 is 0 Å². The maximum Gasteiger partial charge on any atom is 0.0550 e. The van der Waals surface area contributed by atoms with Crippen LogP contribution in [-0.2, 0) is 11.0 Å². The van der Waals surface area contributed by atoms with Crippen LogP contribution in [0.4, 0.5) is 0 Å². The molecule has 0 radical (unpaired) electrons. The maximum absolute atomic E-state index is 2.48. The minimum Gasteiger partial charge on any atom is -0.335 e. The first kappa shape index (κ1) is 24.7. The Bertz CT molecular complexity index is 2060. The minimum absolute atomic E-state index is 0.0161. The van der Waals surface area contributed by atoms with Crippen molar-refractivity contribution in [1.82, 2.24) is 9.13 Å². The van der Waals surface area contributed by atoms with Crippen LogP contribution < -0.4 is 0 Å². The van der Waals surface area contributed by atoms with E-state index in [0.29, 0.717) is 0 Å². The number of hydrogen-bond acceptors (Lipinski definition) is 0. The van der Waals surface area contributed by atoms with Gasteiger partial charge < -0.3 is 9.13 Å². The Morgan fingerprint density at radius 2 is 1.10 bits per heavy atom. The molecule has 0 amide bonds. The summed E-state index contributed by atoms with van der Waals surface area (Å²) in [5.74, 6) is 0. The number of para-hydroxylation sites is 3. The second-order valence-corrected chi connectivity index (χ2v) is 13.1. The predicted molar refractivity (Wildman–Crippen MR) is 173 cm³/mol. The number of rotatable bonds is 2. The first-order valence-corrected chi connectivity index (χ1v) is 14.3. The number of fused-ring (bicyclic) bond motifs is 6. The fourth-order valence-corrected chi connectivity index (χ4v) is 6.58. The summed E-state index contributed by atoms with van der Waals surface area (Å²) in [6.07, 6.45) is 0. The first-order chi connectivity index (χ1) is 19.1. The lowest BCUT2D eigenvalue weighted by Crippen LogP contribution is -2.21. The average molecular weight is 521 g/mol. The Labute approximate surface area is 236 Å². The molecular formula is C38H36N2. The van der Waals surface area contributed by atoms with Gasteiger partial charge >= 0.3 is 0 Å². The Hall–Kier alpha value is -4.30. The summed E-state index contributed by atoms with van der Waals surface area (Å²) < 4.78 is 4.92. The molecule has 0 spiro atoms. The minimum atomic E-state index is -0.0216. The molecular weight excluding hydrogens is 484 g/mol. The third kappa shape index (κ3) is 3.70. The zero-order valence-electron chi connectivity index (χ0n) is 24.3. The van der Waals surface area contributed by atoms with E-state index < -0.39 is 0 Å². The van der Waals surface area contributed by atoms with E-state index in [4.69, 9.17) is 0 Å². The monoisotopic (exact) mass is 520 g/mol. The van der Waals surface area contributed by atoms with E-state index in [0.717, 1.165) is 0 Å². The van der Waals surface area contributed by atoms with Gasteiger partial charge in [-0.2, -0.15) is 0 Å². The molecule has 2 nitrogen and oxygen atoms in total. The highest BCUT2D eigenvalue weighted by Crippen LogP contribution is 2.43. The van der Waals surface area contributed by atoms with E-state index in [1.807, 2.05) is 0 Å². The second-order valence-electron chi connectivity index (χ2n) is 13.1. The van der Waals surface area contributed by atoms with Gasteiger partial charge in [0.2, 0.25) is 0 Å². The van der Waals surface area contributed by atoms with Crippen LogP contribution in [0, 0.1) is 0 Å². The van der Waals surface area contributed by atoms with Crippen molar-refractivity contribution in [3.8, 4) is 16.8 Å². The Morgan fingerprint density at radius 1 is 0.475 bits per heavy atom. The van der Waals surface area contributed by atoms with Gasteiger partial charge in [0.1, 0.15) is 0 Å². The largest absolute Gasteiger partial charge is 0.335 e. The summed E-state index contributed by atoms with van der Waals surface area (Å²) >= 11 is 0. The van der Waals surface area contributed by atoms with E-state index in [-0.39, 0.29) is 11.0 Å². The molecule has 0 aliphatic rings. The normalized spacial score (nSPS) is 12.8. The Balaban J connectivity index is 1.58. The maximum atomic E-state index is 2.48. The van der Waals surface area contributed by atoms with Gasteiger partial charge in [0.05, 0.1) is 11.0 Å². The van der Waals surface area contributed by atoms with Crippen LogP contribution in [0.15, 0.2) is 109 Å². The molecule has 0 bridgehead atoms. The molecule has 2 aromatic heterocycles. The summed E-state index contributed by atoms with van der Waals surface area (Å²) in [7, 11) is 0. The van der Waals surface area contributed by atoms with Crippen LogP contribution in [0.2, 0.25) is 0 Å². The van der Waals surface area contributed by atoms with Crippen molar-refractivity contribution in [3.05, 3.63) is 115 Å². The molecule has 0 atom stereocenters. The zero-order chi connectivity index (χ0) is 27.8. The standard InChI is InChI=1S/C38H36N2/c1-37(2,3)31-23-26(24-35-36(31)29-17-11-12-18-32(29)39(35)27-14-8-7-9-15-27)25-20-21-34-30(22-25)28-16-10-13-19-33(28)40(34)38(4,5)6/h7-24H,1-6H3. The third-order valence-corrected chi connectivity index (χ3v) is 8.27. The molecule has 2 heteroatoms. The zero-order valence-corrected chi connectivity index (χ0v) is 24.3. The molecule has 0 N–H and O–H groups in total. The number of nitrogens with zero attached hydrogens (tertiary/aromatic N) is 2. The molecule has 0 unspecified atom stereocenters. The van der Waals surface area contributed by atoms with Crippen LogP contribution in [0.1, 0.15) is 47.1 Å². The van der Waals surface area contributed by atoms with Gasteiger partial charge in [-0.1, -0.05) is 81.4 Å². The van der Waals surface area contributed by atoms with Crippen molar-refractivity contribution in [2.75, 3.05) is 0 Å². The lowest BCUT2D eigenvalue weighted by Gasteiger charge is -2.24. The molecule has 0 aliphatic heterocycles.